The van der Waals surface area contributed by atoms with Crippen molar-refractivity contribution in [3.8, 4) is 0 Å². The van der Waals surface area contributed by atoms with E-state index in [9.17, 15) is 33.9 Å². The number of nitrogens with zero attached hydrogens (tertiary/aromatic N) is 3. The second kappa shape index (κ2) is 28.9. The third-order valence-electron chi connectivity index (χ3n) is 13.8. The van der Waals surface area contributed by atoms with Gasteiger partial charge in [-0.05, 0) is 108 Å². The molecule has 8 N–H and O–H groups in total. The summed E-state index contributed by atoms with van der Waals surface area (Å²) in [5, 5.41) is 25.5. The number of hydrogen-bond acceptors (Lipinski definition) is 12. The number of carbonyl (C=O) groups excluding carboxylic acids is 6. The van der Waals surface area contributed by atoms with Crippen molar-refractivity contribution in [3.05, 3.63) is 40.0 Å². The van der Waals surface area contributed by atoms with E-state index in [4.69, 9.17) is 15.5 Å². The number of carboxylic acid groups (broad SMARTS) is 1. The van der Waals surface area contributed by atoms with Gasteiger partial charge in [0.25, 0.3) is 0 Å². The Hall–Kier alpha value is -5.21. The molecular formula is C52H84FN9O9S. The molecule has 6 amide bonds. The van der Waals surface area contributed by atoms with Crippen LogP contribution in [0.3, 0.4) is 0 Å². The molecule has 0 saturated carbocycles. The van der Waals surface area contributed by atoms with Gasteiger partial charge in [0.1, 0.15) is 28.6 Å². The topological polar surface area (TPSA) is 254 Å². The monoisotopic (exact) mass is 1030 g/mol. The molecule has 2 aromatic rings. The molecule has 0 spiro atoms. The average molecular weight is 1030 g/mol. The van der Waals surface area contributed by atoms with Crippen LogP contribution in [0.4, 0.5) is 20.7 Å². The van der Waals surface area contributed by atoms with Crippen molar-refractivity contribution in [2.24, 2.45) is 40.7 Å². The number of rotatable bonds is 28. The van der Waals surface area contributed by atoms with E-state index in [2.05, 4.69) is 38.4 Å². The number of nitrogens with two attached hydrogens (primary N) is 1. The Morgan fingerprint density at radius 2 is 1.65 bits per heavy atom. The maximum absolute atomic E-state index is 15.6. The lowest BCUT2D eigenvalue weighted by Gasteiger charge is -2.40. The Balaban J connectivity index is 1.94. The third kappa shape index (κ3) is 18.1. The number of unbranched alkanes of at least 4 members (excludes halogenated alkanes) is 3. The molecule has 1 fully saturated rings. The number of amides is 6. The first-order valence-corrected chi connectivity index (χ1v) is 26.6. The normalized spacial score (nSPS) is 17.1. The van der Waals surface area contributed by atoms with Gasteiger partial charge in [-0.15, -0.1) is 11.3 Å². The van der Waals surface area contributed by atoms with Gasteiger partial charge in [0.05, 0.1) is 23.3 Å². The smallest absolute Gasteiger partial charge is 0.407 e. The first kappa shape index (κ1) is 61.1. The van der Waals surface area contributed by atoms with E-state index in [1.807, 2.05) is 34.7 Å². The quantitative estimate of drug-likeness (QED) is 0.0324. The van der Waals surface area contributed by atoms with Crippen LogP contribution in [0.5, 0.6) is 0 Å². The first-order valence-electron chi connectivity index (χ1n) is 25.7. The minimum absolute atomic E-state index is 0.0855. The Kier molecular flexibility index (Phi) is 24.5. The Morgan fingerprint density at radius 1 is 0.958 bits per heavy atom. The van der Waals surface area contributed by atoms with Crippen LogP contribution < -0.4 is 32.3 Å². The summed E-state index contributed by atoms with van der Waals surface area (Å²) in [7, 11) is 3.41. The molecule has 1 aromatic carbocycles. The van der Waals surface area contributed by atoms with E-state index in [0.29, 0.717) is 30.0 Å². The van der Waals surface area contributed by atoms with Gasteiger partial charge in [0, 0.05) is 37.4 Å². The number of piperidine rings is 1. The van der Waals surface area contributed by atoms with Crippen molar-refractivity contribution in [2.45, 2.75) is 170 Å². The number of carbonyl (C=O) groups is 7. The minimum atomic E-state index is -1.38. The number of hydrogen-bond donors (Lipinski definition) is 7. The number of aromatic nitrogens is 1. The van der Waals surface area contributed by atoms with Crippen LogP contribution in [0.15, 0.2) is 23.6 Å². The molecule has 2 heterocycles. The predicted molar refractivity (Wildman–Crippen MR) is 278 cm³/mol. The fraction of sp³-hybridized carbons (Fsp3) is 0.692. The summed E-state index contributed by atoms with van der Waals surface area (Å²) in [5.41, 5.74) is 4.70. The molecule has 1 aliphatic heterocycles. The third-order valence-corrected chi connectivity index (χ3v) is 14.7. The van der Waals surface area contributed by atoms with Crippen LogP contribution in [-0.4, -0.2) is 113 Å². The van der Waals surface area contributed by atoms with Crippen molar-refractivity contribution in [1.82, 2.24) is 30.7 Å². The Labute approximate surface area is 430 Å². The number of ether oxygens (including phenoxy) is 1. The number of aliphatic carboxylic acids is 1. The van der Waals surface area contributed by atoms with Gasteiger partial charge in [-0.2, -0.15) is 0 Å². The van der Waals surface area contributed by atoms with Crippen LogP contribution in [0.2, 0.25) is 0 Å². The fourth-order valence-corrected chi connectivity index (χ4v) is 9.52. The minimum Gasteiger partial charge on any atom is -0.481 e. The summed E-state index contributed by atoms with van der Waals surface area (Å²) in [6, 6.07) is 1.62. The molecule has 0 bridgehead atoms. The summed E-state index contributed by atoms with van der Waals surface area (Å²) in [5.74, 6) is -6.76. The molecule has 404 valence electrons. The van der Waals surface area contributed by atoms with E-state index >= 15 is 9.18 Å². The first-order chi connectivity index (χ1) is 33.8. The highest BCUT2D eigenvalue weighted by Gasteiger charge is 2.41. The number of anilines is 2. The zero-order chi connectivity index (χ0) is 54.0. The molecule has 0 aliphatic carbocycles. The molecule has 72 heavy (non-hydrogen) atoms. The van der Waals surface area contributed by atoms with Crippen LogP contribution in [-0.2, 0) is 39.9 Å². The van der Waals surface area contributed by atoms with Crippen molar-refractivity contribution in [1.29, 1.82) is 0 Å². The number of thiazole rings is 1. The summed E-state index contributed by atoms with van der Waals surface area (Å²) in [4.78, 5) is 103. The van der Waals surface area contributed by atoms with Crippen molar-refractivity contribution >= 4 is 64.4 Å². The molecule has 1 aliphatic rings. The molecule has 1 aromatic heterocycles. The number of benzene rings is 1. The highest BCUT2D eigenvalue weighted by atomic mass is 32.1. The fourth-order valence-electron chi connectivity index (χ4n) is 8.73. The second-order valence-electron chi connectivity index (χ2n) is 20.8. The van der Waals surface area contributed by atoms with Crippen LogP contribution in [0, 0.1) is 40.8 Å². The molecule has 18 nitrogen and oxygen atoms in total. The van der Waals surface area contributed by atoms with Gasteiger partial charge in [-0.3, -0.25) is 33.7 Å². The van der Waals surface area contributed by atoms with Gasteiger partial charge >= 0.3 is 12.1 Å². The number of likely N-dealkylation sites (tertiary alicyclic amines) is 1. The van der Waals surface area contributed by atoms with E-state index in [1.165, 1.54) is 40.0 Å². The van der Waals surface area contributed by atoms with E-state index in [1.54, 1.807) is 24.1 Å². The largest absolute Gasteiger partial charge is 0.481 e. The SMILES string of the molecule is CCCCCCN(C(=O)[C@H](C(=O)N[C@H]1CCCCN1C)[C@@H](C)CC)[C@H](C[C@@H](OC(=O)NC)c1nc(NC(=O)[C@@H](Cc2ccc(NC(=O)[C@H](C)NC(=O)[C@@H](N)C(C)C)c(F)c2)CC(C)(C)C(=O)O)cs1)C(C)C. The van der Waals surface area contributed by atoms with E-state index in [-0.39, 0.29) is 66.5 Å². The van der Waals surface area contributed by atoms with Crippen LogP contribution >= 0.6 is 11.3 Å². The van der Waals surface area contributed by atoms with Crippen LogP contribution in [0.25, 0.3) is 0 Å². The molecule has 0 radical (unpaired) electrons. The second-order valence-corrected chi connectivity index (χ2v) is 21.7. The summed E-state index contributed by atoms with van der Waals surface area (Å²) >= 11 is 1.13. The van der Waals surface area contributed by atoms with E-state index in [0.717, 1.165) is 62.5 Å². The van der Waals surface area contributed by atoms with Crippen molar-refractivity contribution in [3.63, 3.8) is 0 Å². The molecule has 20 heteroatoms. The highest BCUT2D eigenvalue weighted by Crippen LogP contribution is 2.35. The van der Waals surface area contributed by atoms with Gasteiger partial charge in [-0.25, -0.2) is 14.2 Å². The Morgan fingerprint density at radius 3 is 2.24 bits per heavy atom. The zero-order valence-electron chi connectivity index (χ0n) is 44.7. The standard InChI is InChI=1S/C52H84FN9O9S/c1-13-15-16-18-24-62(49(67)42(32(7)14-2)46(65)60-41-20-17-19-23-61(41)12)38(30(3)4)27-39(71-51(70)55-11)48-59-40(29-72-48)58-45(64)35(28-52(9,10)50(68)69)25-34-21-22-37(36(53)26-34)57-44(63)33(8)56-47(66)43(54)31(5)6/h21-22,26,29-33,35,38-39,41-43H,13-20,23-25,27-28,54H2,1-12H3,(H,55,70)(H,56,66)(H,57,63)(H,58,64)(H,60,65)(H,68,69)/t32-,33-,35-,38+,39+,41+,42-,43-/m0/s1. The predicted octanol–water partition coefficient (Wildman–Crippen LogP) is 7.45. The Bertz CT molecular complexity index is 2140. The van der Waals surface area contributed by atoms with Gasteiger partial charge in [-0.1, -0.05) is 80.2 Å². The molecule has 3 rings (SSSR count). The van der Waals surface area contributed by atoms with Crippen molar-refractivity contribution in [2.75, 3.05) is 37.8 Å². The lowest BCUT2D eigenvalue weighted by Crippen LogP contribution is -2.56. The van der Waals surface area contributed by atoms with Gasteiger partial charge in [0.15, 0.2) is 6.10 Å². The number of alkyl carbamates (subject to hydrolysis) is 1. The number of carboxylic acids is 1. The maximum Gasteiger partial charge on any atom is 0.407 e. The molecule has 0 unspecified atom stereocenters. The lowest BCUT2D eigenvalue weighted by atomic mass is 9.80. The summed E-state index contributed by atoms with van der Waals surface area (Å²) in [6.07, 6.45) is 4.97. The van der Waals surface area contributed by atoms with E-state index < -0.39 is 77.1 Å². The number of nitrogens with one attached hydrogen (secondary N) is 5. The van der Waals surface area contributed by atoms with Gasteiger partial charge in [0.2, 0.25) is 29.5 Å². The van der Waals surface area contributed by atoms with Gasteiger partial charge < -0.3 is 47.1 Å². The van der Waals surface area contributed by atoms with Crippen LogP contribution in [0.1, 0.15) is 150 Å². The maximum atomic E-state index is 15.6. The molecule has 1 saturated heterocycles. The zero-order valence-corrected chi connectivity index (χ0v) is 45.5. The summed E-state index contributed by atoms with van der Waals surface area (Å²) in [6.45, 7) is 19.2. The lowest BCUT2D eigenvalue weighted by molar-refractivity contribution is -0.149. The summed E-state index contributed by atoms with van der Waals surface area (Å²) < 4.78 is 21.5. The molecule has 8 atom stereocenters. The average Bonchev–Trinajstić information content (AvgIpc) is 3.79. The van der Waals surface area contributed by atoms with Crippen molar-refractivity contribution < 1.29 is 47.8 Å². The highest BCUT2D eigenvalue weighted by molar-refractivity contribution is 7.10. The molecular weight excluding hydrogens is 946 g/mol. The number of halogens is 1.